The highest BCUT2D eigenvalue weighted by molar-refractivity contribution is 5.66. The molecule has 0 aliphatic carbocycles. The van der Waals surface area contributed by atoms with Crippen LogP contribution in [0.4, 0.5) is 0 Å². The molecule has 94 valence electrons. The molecule has 0 saturated heterocycles. The van der Waals surface area contributed by atoms with Crippen LogP contribution in [0.3, 0.4) is 0 Å². The second-order valence-electron chi connectivity index (χ2n) is 4.67. The summed E-state index contributed by atoms with van der Waals surface area (Å²) >= 11 is 0. The van der Waals surface area contributed by atoms with Crippen molar-refractivity contribution in [2.75, 3.05) is 13.1 Å². The van der Waals surface area contributed by atoms with Gasteiger partial charge < -0.3 is 5.11 Å². The minimum absolute atomic E-state index is 0.0114. The zero-order valence-electron chi connectivity index (χ0n) is 10.4. The molecule has 0 heterocycles. The number of aliphatic carboxylic acids is 1. The van der Waals surface area contributed by atoms with E-state index in [0.29, 0.717) is 6.54 Å². The smallest absolute Gasteiger partial charge is 0.304 e. The first kappa shape index (κ1) is 13.7. The SMILES string of the molecule is CC(C)(CNNCCC(=O)O)c1ccccc1. The quantitative estimate of drug-likeness (QED) is 0.496. The molecular weight excluding hydrogens is 216 g/mol. The van der Waals surface area contributed by atoms with Crippen LogP contribution >= 0.6 is 0 Å². The van der Waals surface area contributed by atoms with Gasteiger partial charge in [0.15, 0.2) is 0 Å². The van der Waals surface area contributed by atoms with Crippen LogP contribution in [-0.2, 0) is 10.2 Å². The third kappa shape index (κ3) is 4.97. The van der Waals surface area contributed by atoms with Crippen molar-refractivity contribution in [3.63, 3.8) is 0 Å². The van der Waals surface area contributed by atoms with E-state index in [1.54, 1.807) is 0 Å². The van der Waals surface area contributed by atoms with Gasteiger partial charge in [0.05, 0.1) is 6.42 Å². The van der Waals surface area contributed by atoms with Crippen LogP contribution in [0.15, 0.2) is 30.3 Å². The Labute approximate surface area is 102 Å². The summed E-state index contributed by atoms with van der Waals surface area (Å²) in [7, 11) is 0. The third-order valence-electron chi connectivity index (χ3n) is 2.67. The van der Waals surface area contributed by atoms with Crippen LogP contribution in [-0.4, -0.2) is 24.2 Å². The predicted octanol–water partition coefficient (Wildman–Crippen LogP) is 1.53. The van der Waals surface area contributed by atoms with E-state index in [0.717, 1.165) is 6.54 Å². The second-order valence-corrected chi connectivity index (χ2v) is 4.67. The van der Waals surface area contributed by atoms with E-state index < -0.39 is 5.97 Å². The molecule has 1 aromatic carbocycles. The molecule has 0 fully saturated rings. The van der Waals surface area contributed by atoms with Crippen molar-refractivity contribution in [3.05, 3.63) is 35.9 Å². The Hall–Kier alpha value is -1.39. The molecule has 0 radical (unpaired) electrons. The molecule has 17 heavy (non-hydrogen) atoms. The molecule has 0 spiro atoms. The molecule has 1 rings (SSSR count). The van der Waals surface area contributed by atoms with Gasteiger partial charge in [-0.25, -0.2) is 0 Å². The monoisotopic (exact) mass is 236 g/mol. The number of carboxylic acid groups (broad SMARTS) is 1. The molecule has 0 aromatic heterocycles. The van der Waals surface area contributed by atoms with E-state index in [2.05, 4.69) is 36.8 Å². The van der Waals surface area contributed by atoms with Crippen molar-refractivity contribution in [2.45, 2.75) is 25.7 Å². The number of rotatable bonds is 7. The van der Waals surface area contributed by atoms with Gasteiger partial charge in [-0.05, 0) is 5.56 Å². The first-order chi connectivity index (χ1) is 8.02. The standard InChI is InChI=1S/C13H20N2O2/c1-13(2,11-6-4-3-5-7-11)10-15-14-9-8-12(16)17/h3-7,14-15H,8-10H2,1-2H3,(H,16,17). The fraction of sp³-hybridized carbons (Fsp3) is 0.462. The highest BCUT2D eigenvalue weighted by Crippen LogP contribution is 2.21. The first-order valence-electron chi connectivity index (χ1n) is 5.75. The molecule has 3 N–H and O–H groups in total. The van der Waals surface area contributed by atoms with Gasteiger partial charge in [-0.2, -0.15) is 0 Å². The molecule has 0 amide bonds. The topological polar surface area (TPSA) is 61.4 Å². The summed E-state index contributed by atoms with van der Waals surface area (Å²) in [5.41, 5.74) is 7.25. The highest BCUT2D eigenvalue weighted by Gasteiger charge is 2.19. The maximum Gasteiger partial charge on any atom is 0.304 e. The molecule has 0 aliphatic heterocycles. The number of nitrogens with one attached hydrogen (secondary N) is 2. The van der Waals surface area contributed by atoms with Gasteiger partial charge in [0.2, 0.25) is 0 Å². The summed E-state index contributed by atoms with van der Waals surface area (Å²) in [4.78, 5) is 10.3. The van der Waals surface area contributed by atoms with Crippen LogP contribution < -0.4 is 10.9 Å². The lowest BCUT2D eigenvalue weighted by atomic mass is 9.85. The molecular formula is C13H20N2O2. The average Bonchev–Trinajstić information content (AvgIpc) is 2.29. The van der Waals surface area contributed by atoms with Gasteiger partial charge in [0.1, 0.15) is 0 Å². The summed E-state index contributed by atoms with van der Waals surface area (Å²) in [5, 5.41) is 8.48. The molecule has 0 bridgehead atoms. The number of carboxylic acids is 1. The summed E-state index contributed by atoms with van der Waals surface area (Å²) in [6, 6.07) is 10.2. The van der Waals surface area contributed by atoms with Gasteiger partial charge >= 0.3 is 5.97 Å². The molecule has 4 heteroatoms. The summed E-state index contributed by atoms with van der Waals surface area (Å²) in [6.45, 7) is 5.47. The Morgan fingerprint density at radius 1 is 1.24 bits per heavy atom. The number of hydrogen-bond acceptors (Lipinski definition) is 3. The van der Waals surface area contributed by atoms with Crippen LogP contribution in [0.1, 0.15) is 25.8 Å². The highest BCUT2D eigenvalue weighted by atomic mass is 16.4. The van der Waals surface area contributed by atoms with E-state index in [4.69, 9.17) is 5.11 Å². The van der Waals surface area contributed by atoms with Crippen molar-refractivity contribution in [1.29, 1.82) is 0 Å². The fourth-order valence-corrected chi connectivity index (χ4v) is 1.53. The summed E-state index contributed by atoms with van der Waals surface area (Å²) in [5.74, 6) is -0.790. The van der Waals surface area contributed by atoms with Crippen LogP contribution in [0.25, 0.3) is 0 Å². The van der Waals surface area contributed by atoms with Crippen molar-refractivity contribution in [3.8, 4) is 0 Å². The minimum atomic E-state index is -0.790. The zero-order chi connectivity index (χ0) is 12.7. The number of hydrazine groups is 1. The van der Waals surface area contributed by atoms with Gasteiger partial charge in [0, 0.05) is 18.5 Å². The van der Waals surface area contributed by atoms with E-state index in [1.807, 2.05) is 18.2 Å². The van der Waals surface area contributed by atoms with E-state index in [9.17, 15) is 4.79 Å². The van der Waals surface area contributed by atoms with Gasteiger partial charge in [-0.15, -0.1) is 0 Å². The van der Waals surface area contributed by atoms with E-state index in [1.165, 1.54) is 5.56 Å². The van der Waals surface area contributed by atoms with E-state index >= 15 is 0 Å². The molecule has 0 atom stereocenters. The molecule has 4 nitrogen and oxygen atoms in total. The maximum atomic E-state index is 10.3. The molecule has 0 aliphatic rings. The lowest BCUT2D eigenvalue weighted by Crippen LogP contribution is -2.42. The largest absolute Gasteiger partial charge is 0.481 e. The Kier molecular flexibility index (Phi) is 5.12. The van der Waals surface area contributed by atoms with Gasteiger partial charge in [-0.3, -0.25) is 15.6 Å². The summed E-state index contributed by atoms with van der Waals surface area (Å²) < 4.78 is 0. The molecule has 1 aromatic rings. The van der Waals surface area contributed by atoms with Gasteiger partial charge in [0.25, 0.3) is 0 Å². The number of hydrogen-bond donors (Lipinski definition) is 3. The van der Waals surface area contributed by atoms with Crippen molar-refractivity contribution in [1.82, 2.24) is 10.9 Å². The fourth-order valence-electron chi connectivity index (χ4n) is 1.53. The first-order valence-corrected chi connectivity index (χ1v) is 5.75. The van der Waals surface area contributed by atoms with Gasteiger partial charge in [-0.1, -0.05) is 44.2 Å². The molecule has 0 saturated carbocycles. The third-order valence-corrected chi connectivity index (χ3v) is 2.67. The van der Waals surface area contributed by atoms with Crippen molar-refractivity contribution in [2.24, 2.45) is 0 Å². The molecule has 0 unspecified atom stereocenters. The maximum absolute atomic E-state index is 10.3. The lowest BCUT2D eigenvalue weighted by Gasteiger charge is -2.25. The van der Waals surface area contributed by atoms with Crippen LogP contribution in [0.2, 0.25) is 0 Å². The van der Waals surface area contributed by atoms with Crippen molar-refractivity contribution >= 4 is 5.97 Å². The second kappa shape index (κ2) is 6.37. The van der Waals surface area contributed by atoms with E-state index in [-0.39, 0.29) is 11.8 Å². The number of carbonyl (C=O) groups is 1. The Morgan fingerprint density at radius 2 is 1.88 bits per heavy atom. The lowest BCUT2D eigenvalue weighted by molar-refractivity contribution is -0.136. The Bertz CT molecular complexity index is 350. The minimum Gasteiger partial charge on any atom is -0.481 e. The van der Waals surface area contributed by atoms with Crippen LogP contribution in [0, 0.1) is 0 Å². The summed E-state index contributed by atoms with van der Waals surface area (Å²) in [6.07, 6.45) is 0.124. The Balaban J connectivity index is 2.33. The average molecular weight is 236 g/mol. The van der Waals surface area contributed by atoms with Crippen molar-refractivity contribution < 1.29 is 9.90 Å². The van der Waals surface area contributed by atoms with Crippen LogP contribution in [0.5, 0.6) is 0 Å². The Morgan fingerprint density at radius 3 is 2.47 bits per heavy atom. The number of benzene rings is 1. The zero-order valence-corrected chi connectivity index (χ0v) is 10.4. The predicted molar refractivity (Wildman–Crippen MR) is 67.7 cm³/mol. The normalized spacial score (nSPS) is 11.4.